The summed E-state index contributed by atoms with van der Waals surface area (Å²) in [5.74, 6) is -0.798. The zero-order chi connectivity index (χ0) is 20.6. The van der Waals surface area contributed by atoms with Gasteiger partial charge in [-0.2, -0.15) is 0 Å². The van der Waals surface area contributed by atoms with Gasteiger partial charge in [0.15, 0.2) is 0 Å². The van der Waals surface area contributed by atoms with E-state index in [4.69, 9.17) is 0 Å². The molecule has 0 bridgehead atoms. The van der Waals surface area contributed by atoms with E-state index in [1.807, 2.05) is 6.07 Å². The van der Waals surface area contributed by atoms with Crippen molar-refractivity contribution >= 4 is 22.7 Å². The molecule has 1 unspecified atom stereocenters. The number of likely N-dealkylation sites (tertiary alicyclic amines) is 1. The van der Waals surface area contributed by atoms with Crippen LogP contribution in [0, 0.1) is 0 Å². The largest absolute Gasteiger partial charge is 0.360 e. The molecule has 7 nitrogen and oxygen atoms in total. The van der Waals surface area contributed by atoms with Crippen molar-refractivity contribution in [2.24, 2.45) is 0 Å². The highest BCUT2D eigenvalue weighted by molar-refractivity contribution is 5.98. The van der Waals surface area contributed by atoms with Gasteiger partial charge in [0.05, 0.1) is 6.54 Å². The number of para-hydroxylation sites is 1. The van der Waals surface area contributed by atoms with Gasteiger partial charge in [-0.25, -0.2) is 0 Å². The molecule has 1 aliphatic heterocycles. The van der Waals surface area contributed by atoms with Gasteiger partial charge in [0, 0.05) is 29.7 Å². The number of nitrogens with zero attached hydrogens (tertiary/aromatic N) is 1. The number of pyridine rings is 1. The van der Waals surface area contributed by atoms with Crippen LogP contribution in [0.25, 0.3) is 10.9 Å². The monoisotopic (exact) mass is 398 g/mol. The first-order chi connectivity index (χ1) is 14.1. The van der Waals surface area contributed by atoms with Crippen LogP contribution < -0.4 is 16.1 Å². The number of hydrogen-bond acceptors (Lipinski definition) is 4. The molecule has 0 saturated carbocycles. The second kappa shape index (κ2) is 10.2. The maximum atomic E-state index is 12.4. The number of piperidine rings is 1. The molecule has 156 valence electrons. The van der Waals surface area contributed by atoms with Crippen molar-refractivity contribution in [3.63, 3.8) is 0 Å². The second-order valence-corrected chi connectivity index (χ2v) is 7.70. The van der Waals surface area contributed by atoms with Crippen molar-refractivity contribution in [1.29, 1.82) is 0 Å². The minimum absolute atomic E-state index is 0.00662. The lowest BCUT2D eigenvalue weighted by Gasteiger charge is -2.33. The van der Waals surface area contributed by atoms with E-state index in [9.17, 15) is 14.4 Å². The van der Waals surface area contributed by atoms with Crippen molar-refractivity contribution in [1.82, 2.24) is 20.5 Å². The van der Waals surface area contributed by atoms with Crippen LogP contribution in [0.4, 0.5) is 0 Å². The van der Waals surface area contributed by atoms with Gasteiger partial charge in [-0.05, 0) is 57.8 Å². The zero-order valence-corrected chi connectivity index (χ0v) is 17.0. The van der Waals surface area contributed by atoms with Crippen LogP contribution in [-0.2, 0) is 4.79 Å². The first-order valence-electron chi connectivity index (χ1n) is 10.5. The van der Waals surface area contributed by atoms with Crippen LogP contribution in [0.1, 0.15) is 49.4 Å². The highest BCUT2D eigenvalue weighted by Crippen LogP contribution is 2.16. The van der Waals surface area contributed by atoms with E-state index in [-0.39, 0.29) is 23.4 Å². The SMILES string of the molecule is CC1CCCCN1CCCCNC(=O)CNC(=O)c1c[nH]c2ccccc2c1=O. The van der Waals surface area contributed by atoms with Gasteiger partial charge in [0.1, 0.15) is 5.56 Å². The topological polar surface area (TPSA) is 94.3 Å². The number of aromatic nitrogens is 1. The van der Waals surface area contributed by atoms with Crippen LogP contribution in [0.2, 0.25) is 0 Å². The molecule has 0 aliphatic carbocycles. The third-order valence-electron chi connectivity index (χ3n) is 5.58. The lowest BCUT2D eigenvalue weighted by molar-refractivity contribution is -0.120. The van der Waals surface area contributed by atoms with E-state index in [0.717, 1.165) is 19.4 Å². The Morgan fingerprint density at radius 3 is 2.83 bits per heavy atom. The van der Waals surface area contributed by atoms with Crippen LogP contribution in [0.3, 0.4) is 0 Å². The highest BCUT2D eigenvalue weighted by Gasteiger charge is 2.17. The summed E-state index contributed by atoms with van der Waals surface area (Å²) in [5.41, 5.74) is 0.335. The van der Waals surface area contributed by atoms with E-state index in [2.05, 4.69) is 27.4 Å². The number of unbranched alkanes of at least 4 members (excludes halogenated alkanes) is 1. The maximum absolute atomic E-state index is 12.4. The number of hydrogen-bond donors (Lipinski definition) is 3. The third kappa shape index (κ3) is 5.67. The molecule has 1 saturated heterocycles. The van der Waals surface area contributed by atoms with Crippen molar-refractivity contribution in [3.8, 4) is 0 Å². The van der Waals surface area contributed by atoms with Crippen LogP contribution in [0.15, 0.2) is 35.3 Å². The summed E-state index contributed by atoms with van der Waals surface area (Å²) < 4.78 is 0. The summed E-state index contributed by atoms with van der Waals surface area (Å²) in [6, 6.07) is 7.67. The number of H-pyrrole nitrogens is 1. The highest BCUT2D eigenvalue weighted by atomic mass is 16.2. The molecule has 1 aliphatic rings. The van der Waals surface area contributed by atoms with Crippen LogP contribution in [-0.4, -0.2) is 53.9 Å². The molecule has 7 heteroatoms. The van der Waals surface area contributed by atoms with Gasteiger partial charge in [0.25, 0.3) is 5.91 Å². The quantitative estimate of drug-likeness (QED) is 0.593. The maximum Gasteiger partial charge on any atom is 0.257 e. The molecular formula is C22H30N4O3. The van der Waals surface area contributed by atoms with Gasteiger partial charge >= 0.3 is 0 Å². The van der Waals surface area contributed by atoms with Crippen LogP contribution >= 0.6 is 0 Å². The Bertz CT molecular complexity index is 908. The average Bonchev–Trinajstić information content (AvgIpc) is 2.73. The first-order valence-corrected chi connectivity index (χ1v) is 10.5. The number of nitrogens with one attached hydrogen (secondary N) is 3. The molecule has 0 spiro atoms. The smallest absolute Gasteiger partial charge is 0.257 e. The summed E-state index contributed by atoms with van der Waals surface area (Å²) in [7, 11) is 0. The molecule has 0 radical (unpaired) electrons. The zero-order valence-electron chi connectivity index (χ0n) is 17.0. The molecule has 3 N–H and O–H groups in total. The van der Waals surface area contributed by atoms with E-state index in [1.165, 1.54) is 32.0 Å². The van der Waals surface area contributed by atoms with E-state index in [0.29, 0.717) is 23.5 Å². The number of carbonyl (C=O) groups is 2. The number of fused-ring (bicyclic) bond motifs is 1. The Labute approximate surface area is 170 Å². The Kier molecular flexibility index (Phi) is 7.41. The van der Waals surface area contributed by atoms with Crippen molar-refractivity contribution in [3.05, 3.63) is 46.2 Å². The lowest BCUT2D eigenvalue weighted by Crippen LogP contribution is -2.39. The van der Waals surface area contributed by atoms with Crippen molar-refractivity contribution in [2.75, 3.05) is 26.2 Å². The molecule has 2 aromatic rings. The Morgan fingerprint density at radius 2 is 2.00 bits per heavy atom. The molecule has 1 atom stereocenters. The number of carbonyl (C=O) groups excluding carboxylic acids is 2. The number of amides is 2. The molecule has 1 aromatic carbocycles. The summed E-state index contributed by atoms with van der Waals surface area (Å²) in [5, 5.41) is 5.80. The normalized spacial score (nSPS) is 17.2. The fraction of sp³-hybridized carbons (Fsp3) is 0.500. The number of rotatable bonds is 8. The predicted octanol–water partition coefficient (Wildman–Crippen LogP) is 2.03. The fourth-order valence-corrected chi connectivity index (χ4v) is 3.81. The third-order valence-corrected chi connectivity index (χ3v) is 5.58. The van der Waals surface area contributed by atoms with Crippen molar-refractivity contribution in [2.45, 2.75) is 45.1 Å². The van der Waals surface area contributed by atoms with Gasteiger partial charge in [-0.3, -0.25) is 14.4 Å². The van der Waals surface area contributed by atoms with Crippen LogP contribution in [0.5, 0.6) is 0 Å². The summed E-state index contributed by atoms with van der Waals surface area (Å²) >= 11 is 0. The molecule has 29 heavy (non-hydrogen) atoms. The van der Waals surface area contributed by atoms with Gasteiger partial charge < -0.3 is 20.5 Å². The molecule has 1 aromatic heterocycles. The minimum atomic E-state index is -0.550. The predicted molar refractivity (Wildman–Crippen MR) is 114 cm³/mol. The summed E-state index contributed by atoms with van der Waals surface area (Å²) in [4.78, 5) is 42.1. The number of benzene rings is 1. The van der Waals surface area contributed by atoms with E-state index < -0.39 is 5.91 Å². The molecule has 1 fully saturated rings. The summed E-state index contributed by atoms with van der Waals surface area (Å²) in [6.07, 6.45) is 7.22. The minimum Gasteiger partial charge on any atom is -0.360 e. The lowest BCUT2D eigenvalue weighted by atomic mass is 10.0. The van der Waals surface area contributed by atoms with Gasteiger partial charge in [-0.15, -0.1) is 0 Å². The standard InChI is InChI=1S/C22H30N4O3/c1-16-8-4-6-12-26(16)13-7-5-11-23-20(27)15-25-22(29)18-14-24-19-10-3-2-9-17(19)21(18)28/h2-3,9-10,14,16H,4-8,11-13,15H2,1H3,(H,23,27)(H,24,28)(H,25,29). The molecule has 3 rings (SSSR count). The molecule has 2 heterocycles. The van der Waals surface area contributed by atoms with Gasteiger partial charge in [0.2, 0.25) is 11.3 Å². The Hall–Kier alpha value is -2.67. The Morgan fingerprint density at radius 1 is 1.17 bits per heavy atom. The number of aromatic amines is 1. The average molecular weight is 399 g/mol. The van der Waals surface area contributed by atoms with Crippen molar-refractivity contribution < 1.29 is 9.59 Å². The first kappa shape index (κ1) is 21.0. The fourth-order valence-electron chi connectivity index (χ4n) is 3.81. The van der Waals surface area contributed by atoms with Gasteiger partial charge in [-0.1, -0.05) is 18.6 Å². The molecule has 2 amide bonds. The molecular weight excluding hydrogens is 368 g/mol. The summed E-state index contributed by atoms with van der Waals surface area (Å²) in [6.45, 7) is 4.97. The van der Waals surface area contributed by atoms with E-state index in [1.54, 1.807) is 18.2 Å². The van der Waals surface area contributed by atoms with E-state index >= 15 is 0 Å². The Balaban J connectivity index is 1.37. The second-order valence-electron chi connectivity index (χ2n) is 7.70.